The van der Waals surface area contributed by atoms with E-state index < -0.39 is 28.6 Å². The summed E-state index contributed by atoms with van der Waals surface area (Å²) in [5.41, 5.74) is -1.72. The van der Waals surface area contributed by atoms with Crippen LogP contribution in [0.15, 0.2) is 24.3 Å². The van der Waals surface area contributed by atoms with E-state index in [1.54, 1.807) is 6.92 Å². The van der Waals surface area contributed by atoms with E-state index in [4.69, 9.17) is 14.9 Å². The first-order valence-electron chi connectivity index (χ1n) is 10.1. The molecule has 3 rings (SSSR count). The summed E-state index contributed by atoms with van der Waals surface area (Å²) in [5, 5.41) is 39.0. The number of nitrogens with zero attached hydrogens (tertiary/aromatic N) is 3. The summed E-state index contributed by atoms with van der Waals surface area (Å²) in [7, 11) is 0. The Morgan fingerprint density at radius 1 is 1.03 bits per heavy atom. The van der Waals surface area contributed by atoms with Crippen LogP contribution in [0.1, 0.15) is 57.1 Å². The Labute approximate surface area is 172 Å². The third-order valence-corrected chi connectivity index (χ3v) is 6.56. The molecule has 2 saturated heterocycles. The van der Waals surface area contributed by atoms with Crippen LogP contribution in [0.25, 0.3) is 0 Å². The first kappa shape index (κ1) is 20.8. The maximum Gasteiger partial charge on any atom is 0.243 e. The molecule has 2 heterocycles. The highest BCUT2D eigenvalue weighted by Gasteiger charge is 2.79. The lowest BCUT2D eigenvalue weighted by atomic mass is 9.53. The molecule has 1 aromatic rings. The summed E-state index contributed by atoms with van der Waals surface area (Å²) >= 11 is 0. The second-order valence-electron chi connectivity index (χ2n) is 8.09. The zero-order chi connectivity index (χ0) is 21.3. The topological polar surface area (TPSA) is 114 Å². The predicted octanol–water partition coefficient (Wildman–Crippen LogP) is 4.70. The predicted molar refractivity (Wildman–Crippen MR) is 106 cm³/mol. The molecule has 2 aliphatic rings. The van der Waals surface area contributed by atoms with Crippen LogP contribution in [-0.2, 0) is 15.3 Å². The Bertz CT molecular complexity index is 906. The molecule has 4 unspecified atom stereocenters. The summed E-state index contributed by atoms with van der Waals surface area (Å²) in [5.74, 6) is -2.40. The third kappa shape index (κ3) is 2.65. The highest BCUT2D eigenvalue weighted by molar-refractivity contribution is 5.89. The van der Waals surface area contributed by atoms with Gasteiger partial charge in [-0.1, -0.05) is 69.4 Å². The first-order valence-corrected chi connectivity index (χ1v) is 10.1. The molecule has 0 radical (unpaired) electrons. The third-order valence-electron chi connectivity index (χ3n) is 6.56. The summed E-state index contributed by atoms with van der Waals surface area (Å²) in [6.45, 7) is 5.82. The van der Waals surface area contributed by atoms with E-state index in [1.807, 2.05) is 31.2 Å². The van der Waals surface area contributed by atoms with E-state index in [1.165, 1.54) is 0 Å². The SMILES string of the molecule is CCCCCCC1OC2(c3ccc(C)cc3)OC(=N)C(C#N)(C2C)C1(C#N)C#N. The molecule has 0 aliphatic carbocycles. The summed E-state index contributed by atoms with van der Waals surface area (Å²) in [6, 6.07) is 13.9. The largest absolute Gasteiger partial charge is 0.443 e. The van der Waals surface area contributed by atoms with Crippen molar-refractivity contribution in [3.63, 3.8) is 0 Å². The maximum absolute atomic E-state index is 10.2. The van der Waals surface area contributed by atoms with Crippen molar-refractivity contribution in [1.29, 1.82) is 21.2 Å². The van der Waals surface area contributed by atoms with E-state index in [-0.39, 0.29) is 5.90 Å². The van der Waals surface area contributed by atoms with Crippen molar-refractivity contribution in [1.82, 2.24) is 0 Å². The number of nitrogens with one attached hydrogen (secondary N) is 1. The van der Waals surface area contributed by atoms with Gasteiger partial charge in [-0.2, -0.15) is 15.8 Å². The van der Waals surface area contributed by atoms with Gasteiger partial charge in [-0.15, -0.1) is 0 Å². The van der Waals surface area contributed by atoms with Crippen molar-refractivity contribution in [2.45, 2.75) is 64.8 Å². The maximum atomic E-state index is 10.2. The molecule has 1 aromatic carbocycles. The van der Waals surface area contributed by atoms with Crippen molar-refractivity contribution in [3.8, 4) is 18.2 Å². The van der Waals surface area contributed by atoms with Crippen LogP contribution in [0.3, 0.4) is 0 Å². The molecule has 150 valence electrons. The molecule has 4 atom stereocenters. The van der Waals surface area contributed by atoms with E-state index >= 15 is 0 Å². The molecule has 0 amide bonds. The fourth-order valence-electron chi connectivity index (χ4n) is 4.78. The fraction of sp³-hybridized carbons (Fsp3) is 0.565. The lowest BCUT2D eigenvalue weighted by Gasteiger charge is -2.48. The van der Waals surface area contributed by atoms with Crippen LogP contribution in [0.4, 0.5) is 0 Å². The minimum atomic E-state index is -1.80. The molecule has 1 N–H and O–H groups in total. The molecule has 6 heteroatoms. The standard InChI is InChI=1S/C23H26N4O2/c1-4-5-6-7-8-19-21(13-24,14-25)22(15-26)17(3)23(28-19,29-20(22)27)18-11-9-16(2)10-12-18/h9-12,17,19,27H,4-8H2,1-3H3. The molecule has 2 fully saturated rings. The van der Waals surface area contributed by atoms with Gasteiger partial charge in [0.05, 0.1) is 30.2 Å². The molecule has 0 aromatic heterocycles. The Morgan fingerprint density at radius 2 is 1.69 bits per heavy atom. The van der Waals surface area contributed by atoms with Gasteiger partial charge in [-0.25, -0.2) is 0 Å². The molecule has 2 bridgehead atoms. The van der Waals surface area contributed by atoms with Gasteiger partial charge in [0.2, 0.25) is 11.7 Å². The number of hydrogen-bond acceptors (Lipinski definition) is 6. The van der Waals surface area contributed by atoms with Crippen LogP contribution < -0.4 is 0 Å². The van der Waals surface area contributed by atoms with Crippen molar-refractivity contribution >= 4 is 5.90 Å². The van der Waals surface area contributed by atoms with Gasteiger partial charge in [-0.3, -0.25) is 5.41 Å². The molecule has 29 heavy (non-hydrogen) atoms. The Balaban J connectivity index is 2.15. The van der Waals surface area contributed by atoms with Crippen LogP contribution in [0.5, 0.6) is 0 Å². The monoisotopic (exact) mass is 390 g/mol. The average molecular weight is 390 g/mol. The quantitative estimate of drug-likeness (QED) is 0.707. The number of aryl methyl sites for hydroxylation is 1. The molecule has 6 nitrogen and oxygen atoms in total. The molecule has 0 saturated carbocycles. The molecule has 2 aliphatic heterocycles. The zero-order valence-corrected chi connectivity index (χ0v) is 17.2. The lowest BCUT2D eigenvalue weighted by Crippen LogP contribution is -2.60. The Kier molecular flexibility index (Phi) is 5.40. The van der Waals surface area contributed by atoms with Crippen molar-refractivity contribution < 1.29 is 9.47 Å². The number of ether oxygens (including phenoxy) is 2. The summed E-state index contributed by atoms with van der Waals surface area (Å²) < 4.78 is 12.4. The number of fused-ring (bicyclic) bond motifs is 2. The smallest absolute Gasteiger partial charge is 0.243 e. The van der Waals surface area contributed by atoms with Crippen LogP contribution in [-0.4, -0.2) is 12.0 Å². The van der Waals surface area contributed by atoms with Crippen LogP contribution in [0.2, 0.25) is 0 Å². The van der Waals surface area contributed by atoms with Crippen molar-refractivity contribution in [2.24, 2.45) is 16.7 Å². The van der Waals surface area contributed by atoms with Gasteiger partial charge < -0.3 is 9.47 Å². The Hall–Kier alpha value is -2.88. The van der Waals surface area contributed by atoms with Crippen LogP contribution >= 0.6 is 0 Å². The average Bonchev–Trinajstić information content (AvgIpc) is 2.89. The summed E-state index contributed by atoms with van der Waals surface area (Å²) in [4.78, 5) is 0. The van der Waals surface area contributed by atoms with Gasteiger partial charge >= 0.3 is 0 Å². The number of hydrogen-bond donors (Lipinski definition) is 1. The number of unbranched alkanes of at least 4 members (excludes halogenated alkanes) is 3. The molecular formula is C23H26N4O2. The second-order valence-corrected chi connectivity index (χ2v) is 8.09. The minimum Gasteiger partial charge on any atom is -0.443 e. The first-order chi connectivity index (χ1) is 13.9. The highest BCUT2D eigenvalue weighted by atomic mass is 16.7. The van der Waals surface area contributed by atoms with Gasteiger partial charge in [0, 0.05) is 5.56 Å². The van der Waals surface area contributed by atoms with Gasteiger partial charge in [0.1, 0.15) is 0 Å². The van der Waals surface area contributed by atoms with E-state index in [0.717, 1.165) is 31.2 Å². The fourth-order valence-corrected chi connectivity index (χ4v) is 4.78. The van der Waals surface area contributed by atoms with E-state index in [0.29, 0.717) is 12.0 Å². The molecular weight excluding hydrogens is 364 g/mol. The van der Waals surface area contributed by atoms with E-state index in [9.17, 15) is 15.8 Å². The minimum absolute atomic E-state index is 0.354. The lowest BCUT2D eigenvalue weighted by molar-refractivity contribution is -0.286. The highest BCUT2D eigenvalue weighted by Crippen LogP contribution is 2.66. The van der Waals surface area contributed by atoms with Crippen molar-refractivity contribution in [3.05, 3.63) is 35.4 Å². The number of rotatable bonds is 6. The molecule has 0 spiro atoms. The van der Waals surface area contributed by atoms with Gasteiger partial charge in [0.15, 0.2) is 10.8 Å². The van der Waals surface area contributed by atoms with Crippen LogP contribution in [0, 0.1) is 63.1 Å². The second kappa shape index (κ2) is 7.51. The summed E-state index contributed by atoms with van der Waals surface area (Å²) in [6.07, 6.45) is 3.47. The number of benzene rings is 1. The Morgan fingerprint density at radius 3 is 2.24 bits per heavy atom. The van der Waals surface area contributed by atoms with Gasteiger partial charge in [0.25, 0.3) is 0 Å². The van der Waals surface area contributed by atoms with Gasteiger partial charge in [-0.05, 0) is 13.3 Å². The zero-order valence-electron chi connectivity index (χ0n) is 17.2. The normalized spacial score (nSPS) is 31.9. The number of nitriles is 3. The van der Waals surface area contributed by atoms with Crippen molar-refractivity contribution in [2.75, 3.05) is 0 Å². The van der Waals surface area contributed by atoms with E-state index in [2.05, 4.69) is 25.1 Å².